The van der Waals surface area contributed by atoms with Gasteiger partial charge in [-0.05, 0) is 56.4 Å². The van der Waals surface area contributed by atoms with Crippen molar-refractivity contribution in [2.24, 2.45) is 0 Å². The fraction of sp³-hybridized carbons (Fsp3) is 0.571. The molecule has 0 saturated carbocycles. The molecular formula is C14H21ClO3. The van der Waals surface area contributed by atoms with Crippen LogP contribution in [0, 0.1) is 13.8 Å². The molecule has 0 fully saturated rings. The lowest BCUT2D eigenvalue weighted by molar-refractivity contribution is 0.0884. The summed E-state index contributed by atoms with van der Waals surface area (Å²) in [6, 6.07) is 1.93. The fourth-order valence-electron chi connectivity index (χ4n) is 1.96. The summed E-state index contributed by atoms with van der Waals surface area (Å²) in [4.78, 5) is 0. The van der Waals surface area contributed by atoms with Crippen molar-refractivity contribution in [3.05, 3.63) is 27.8 Å². The Hall–Kier alpha value is -0.770. The molecule has 1 aromatic carbocycles. The molecule has 0 aliphatic carbocycles. The molecule has 3 nitrogen and oxygen atoms in total. The Morgan fingerprint density at radius 3 is 2.61 bits per heavy atom. The molecule has 0 spiro atoms. The molecule has 2 N–H and O–H groups in total. The van der Waals surface area contributed by atoms with Crippen molar-refractivity contribution in [1.29, 1.82) is 0 Å². The van der Waals surface area contributed by atoms with Gasteiger partial charge in [0.2, 0.25) is 0 Å². The smallest absolute Gasteiger partial charge is 0.123 e. The van der Waals surface area contributed by atoms with Crippen LogP contribution in [0.4, 0.5) is 0 Å². The van der Waals surface area contributed by atoms with E-state index in [0.29, 0.717) is 19.4 Å². The van der Waals surface area contributed by atoms with Crippen molar-refractivity contribution in [3.63, 3.8) is 0 Å². The van der Waals surface area contributed by atoms with Crippen LogP contribution in [0.1, 0.15) is 30.0 Å². The van der Waals surface area contributed by atoms with Crippen LogP contribution in [0.25, 0.3) is 0 Å². The second-order valence-corrected chi connectivity index (χ2v) is 4.80. The van der Waals surface area contributed by atoms with Gasteiger partial charge in [0, 0.05) is 5.02 Å². The van der Waals surface area contributed by atoms with Crippen molar-refractivity contribution < 1.29 is 14.9 Å². The Kier molecular flexibility index (Phi) is 5.93. The van der Waals surface area contributed by atoms with E-state index in [9.17, 15) is 5.11 Å². The number of aliphatic hydroxyl groups excluding tert-OH is 2. The summed E-state index contributed by atoms with van der Waals surface area (Å²) in [7, 11) is 0. The number of hydrogen-bond acceptors (Lipinski definition) is 3. The SMILES string of the molecule is CCOc1cc(C)c(Cl)c(C)c1CCC(O)CO. The first kappa shape index (κ1) is 15.3. The van der Waals surface area contributed by atoms with Crippen LogP contribution in [-0.2, 0) is 6.42 Å². The monoisotopic (exact) mass is 272 g/mol. The molecule has 1 rings (SSSR count). The minimum atomic E-state index is -0.695. The predicted octanol–water partition coefficient (Wildman–Crippen LogP) is 2.64. The van der Waals surface area contributed by atoms with Crippen molar-refractivity contribution >= 4 is 11.6 Å². The maximum Gasteiger partial charge on any atom is 0.123 e. The van der Waals surface area contributed by atoms with E-state index in [1.807, 2.05) is 26.8 Å². The van der Waals surface area contributed by atoms with E-state index >= 15 is 0 Å². The second kappa shape index (κ2) is 6.98. The minimum absolute atomic E-state index is 0.220. The van der Waals surface area contributed by atoms with Crippen molar-refractivity contribution in [3.8, 4) is 5.75 Å². The van der Waals surface area contributed by atoms with E-state index in [1.165, 1.54) is 0 Å². The summed E-state index contributed by atoms with van der Waals surface area (Å²) in [6.45, 7) is 6.22. The van der Waals surface area contributed by atoms with Crippen LogP contribution in [0.3, 0.4) is 0 Å². The Bertz CT molecular complexity index is 405. The molecule has 1 aromatic rings. The molecule has 0 saturated heterocycles. The number of rotatable bonds is 6. The topological polar surface area (TPSA) is 49.7 Å². The lowest BCUT2D eigenvalue weighted by atomic mass is 9.98. The Morgan fingerprint density at radius 1 is 1.39 bits per heavy atom. The largest absolute Gasteiger partial charge is 0.494 e. The molecule has 1 atom stereocenters. The summed E-state index contributed by atoms with van der Waals surface area (Å²) in [6.07, 6.45) is 0.443. The Balaban J connectivity index is 3.02. The summed E-state index contributed by atoms with van der Waals surface area (Å²) in [5, 5.41) is 19.0. The maximum atomic E-state index is 9.43. The number of aliphatic hydroxyl groups is 2. The first-order valence-corrected chi connectivity index (χ1v) is 6.59. The molecule has 0 aromatic heterocycles. The normalized spacial score (nSPS) is 12.6. The predicted molar refractivity (Wildman–Crippen MR) is 73.5 cm³/mol. The quantitative estimate of drug-likeness (QED) is 0.837. The van der Waals surface area contributed by atoms with Gasteiger partial charge in [-0.1, -0.05) is 11.6 Å². The van der Waals surface area contributed by atoms with Crippen LogP contribution < -0.4 is 4.74 Å². The Labute approximate surface area is 113 Å². The Morgan fingerprint density at radius 2 is 2.06 bits per heavy atom. The first-order chi connectivity index (χ1) is 8.51. The lowest BCUT2D eigenvalue weighted by Gasteiger charge is -2.17. The van der Waals surface area contributed by atoms with Crippen LogP contribution >= 0.6 is 11.6 Å². The second-order valence-electron chi connectivity index (χ2n) is 4.42. The first-order valence-electron chi connectivity index (χ1n) is 6.21. The minimum Gasteiger partial charge on any atom is -0.494 e. The molecule has 0 bridgehead atoms. The third-order valence-electron chi connectivity index (χ3n) is 3.01. The molecule has 0 amide bonds. The van der Waals surface area contributed by atoms with Gasteiger partial charge in [-0.2, -0.15) is 0 Å². The molecule has 4 heteroatoms. The highest BCUT2D eigenvalue weighted by Crippen LogP contribution is 2.32. The fourth-order valence-corrected chi connectivity index (χ4v) is 2.13. The lowest BCUT2D eigenvalue weighted by Crippen LogP contribution is -2.13. The van der Waals surface area contributed by atoms with Gasteiger partial charge in [-0.15, -0.1) is 0 Å². The molecule has 0 aliphatic rings. The number of benzene rings is 1. The summed E-state index contributed by atoms with van der Waals surface area (Å²) < 4.78 is 5.62. The average molecular weight is 273 g/mol. The highest BCUT2D eigenvalue weighted by molar-refractivity contribution is 6.32. The van der Waals surface area contributed by atoms with Gasteiger partial charge in [0.25, 0.3) is 0 Å². The molecule has 0 radical (unpaired) electrons. The number of hydrogen-bond donors (Lipinski definition) is 2. The van der Waals surface area contributed by atoms with E-state index in [0.717, 1.165) is 27.5 Å². The summed E-state index contributed by atoms with van der Waals surface area (Å²) in [5.41, 5.74) is 2.99. The average Bonchev–Trinajstić information content (AvgIpc) is 2.35. The summed E-state index contributed by atoms with van der Waals surface area (Å²) >= 11 is 6.24. The molecule has 102 valence electrons. The van der Waals surface area contributed by atoms with Gasteiger partial charge in [-0.25, -0.2) is 0 Å². The zero-order chi connectivity index (χ0) is 13.7. The molecule has 1 unspecified atom stereocenters. The van der Waals surface area contributed by atoms with E-state index in [-0.39, 0.29) is 6.61 Å². The van der Waals surface area contributed by atoms with Crippen LogP contribution in [0.5, 0.6) is 5.75 Å². The highest BCUT2D eigenvalue weighted by Gasteiger charge is 2.14. The van der Waals surface area contributed by atoms with Crippen molar-refractivity contribution in [1.82, 2.24) is 0 Å². The van der Waals surface area contributed by atoms with Gasteiger partial charge in [-0.3, -0.25) is 0 Å². The molecule has 0 aliphatic heterocycles. The zero-order valence-electron chi connectivity index (χ0n) is 11.2. The van der Waals surface area contributed by atoms with E-state index in [4.69, 9.17) is 21.4 Å². The van der Waals surface area contributed by atoms with Crippen LogP contribution in [0.15, 0.2) is 6.07 Å². The van der Waals surface area contributed by atoms with Gasteiger partial charge in [0.15, 0.2) is 0 Å². The van der Waals surface area contributed by atoms with Gasteiger partial charge in [0.1, 0.15) is 5.75 Å². The van der Waals surface area contributed by atoms with Crippen LogP contribution in [0.2, 0.25) is 5.02 Å². The van der Waals surface area contributed by atoms with Gasteiger partial charge < -0.3 is 14.9 Å². The number of halogens is 1. The highest BCUT2D eigenvalue weighted by atomic mass is 35.5. The zero-order valence-corrected chi connectivity index (χ0v) is 11.9. The number of aryl methyl sites for hydroxylation is 1. The standard InChI is InChI=1S/C14H21ClO3/c1-4-18-13-7-9(2)14(15)10(3)12(13)6-5-11(17)8-16/h7,11,16-17H,4-6,8H2,1-3H3. The van der Waals surface area contributed by atoms with Gasteiger partial charge >= 0.3 is 0 Å². The number of ether oxygens (including phenoxy) is 1. The summed E-state index contributed by atoms with van der Waals surface area (Å²) in [5.74, 6) is 0.821. The van der Waals surface area contributed by atoms with E-state index in [2.05, 4.69) is 0 Å². The third-order valence-corrected chi connectivity index (χ3v) is 3.59. The molecular weight excluding hydrogens is 252 g/mol. The van der Waals surface area contributed by atoms with E-state index in [1.54, 1.807) is 0 Å². The van der Waals surface area contributed by atoms with Crippen molar-refractivity contribution in [2.75, 3.05) is 13.2 Å². The third kappa shape index (κ3) is 3.61. The van der Waals surface area contributed by atoms with Crippen molar-refractivity contribution in [2.45, 2.75) is 39.7 Å². The van der Waals surface area contributed by atoms with E-state index < -0.39 is 6.10 Å². The van der Waals surface area contributed by atoms with Gasteiger partial charge in [0.05, 0.1) is 19.3 Å². The maximum absolute atomic E-state index is 9.43. The van der Waals surface area contributed by atoms with Crippen LogP contribution in [-0.4, -0.2) is 29.5 Å². The molecule has 0 heterocycles. The molecule has 18 heavy (non-hydrogen) atoms.